The standard InChI is InChI=1S/C13H11IO.CHF3O3S/c1-15-13-9-5-3-7-11(13)10-6-2-4-8-12(10)14;2-1(3,4)8(5,6)7/h2-9H,1H3;(H,5,6,7). The summed E-state index contributed by atoms with van der Waals surface area (Å²) in [6.45, 7) is 0. The van der Waals surface area contributed by atoms with Crippen molar-refractivity contribution in [3.63, 3.8) is 0 Å². The van der Waals surface area contributed by atoms with E-state index >= 15 is 0 Å². The Kier molecular flexibility index (Phi) is 6.84. The van der Waals surface area contributed by atoms with Gasteiger partial charge in [0, 0.05) is 9.13 Å². The Labute approximate surface area is 145 Å². The summed E-state index contributed by atoms with van der Waals surface area (Å²) in [5.74, 6) is 0.918. The SMILES string of the molecule is COc1ccccc1-c1ccccc1I.O=S(=O)(O)C(F)(F)F. The Bertz CT molecular complexity index is 761. The molecule has 0 bridgehead atoms. The van der Waals surface area contributed by atoms with Gasteiger partial charge in [-0.2, -0.15) is 21.6 Å². The molecular formula is C14H12F3IO4S. The predicted molar refractivity (Wildman–Crippen MR) is 88.8 cm³/mol. The molecule has 0 saturated heterocycles. The topological polar surface area (TPSA) is 63.6 Å². The number of hydrogen-bond donors (Lipinski definition) is 1. The highest BCUT2D eigenvalue weighted by Gasteiger charge is 2.44. The molecule has 0 atom stereocenters. The zero-order valence-electron chi connectivity index (χ0n) is 11.7. The van der Waals surface area contributed by atoms with E-state index in [4.69, 9.17) is 17.7 Å². The van der Waals surface area contributed by atoms with Crippen LogP contribution in [0, 0.1) is 3.57 Å². The third-order valence-electron chi connectivity index (χ3n) is 2.56. The minimum atomic E-state index is -5.84. The lowest BCUT2D eigenvalue weighted by atomic mass is 10.1. The van der Waals surface area contributed by atoms with Gasteiger partial charge in [-0.05, 0) is 40.3 Å². The fourth-order valence-electron chi connectivity index (χ4n) is 1.55. The predicted octanol–water partition coefficient (Wildman–Crippen LogP) is 4.36. The molecule has 0 unspecified atom stereocenters. The summed E-state index contributed by atoms with van der Waals surface area (Å²) in [6.07, 6.45) is 0. The van der Waals surface area contributed by atoms with Crippen LogP contribution in [0.1, 0.15) is 0 Å². The van der Waals surface area contributed by atoms with E-state index in [1.165, 1.54) is 9.13 Å². The molecule has 2 aromatic rings. The molecule has 126 valence electrons. The van der Waals surface area contributed by atoms with Crippen LogP contribution in [0.4, 0.5) is 13.2 Å². The Morgan fingerprint density at radius 2 is 1.43 bits per heavy atom. The highest BCUT2D eigenvalue weighted by molar-refractivity contribution is 14.1. The maximum absolute atomic E-state index is 10.7. The van der Waals surface area contributed by atoms with Crippen LogP contribution in [0.15, 0.2) is 48.5 Å². The van der Waals surface area contributed by atoms with E-state index in [1.54, 1.807) is 7.11 Å². The molecular weight excluding hydrogens is 448 g/mol. The number of ether oxygens (including phenoxy) is 1. The van der Waals surface area contributed by atoms with Crippen molar-refractivity contribution in [2.75, 3.05) is 7.11 Å². The van der Waals surface area contributed by atoms with Gasteiger partial charge in [0.1, 0.15) is 5.75 Å². The Morgan fingerprint density at radius 1 is 1.00 bits per heavy atom. The average Bonchev–Trinajstić information content (AvgIpc) is 2.46. The van der Waals surface area contributed by atoms with E-state index in [0.29, 0.717) is 0 Å². The number of methoxy groups -OCH3 is 1. The van der Waals surface area contributed by atoms with Crippen LogP contribution < -0.4 is 4.74 Å². The average molecular weight is 460 g/mol. The van der Waals surface area contributed by atoms with Gasteiger partial charge in [-0.3, -0.25) is 4.55 Å². The normalized spacial score (nSPS) is 11.4. The second kappa shape index (κ2) is 7.97. The number of rotatable bonds is 2. The van der Waals surface area contributed by atoms with Crippen molar-refractivity contribution < 1.29 is 30.9 Å². The van der Waals surface area contributed by atoms with E-state index in [2.05, 4.69) is 40.8 Å². The van der Waals surface area contributed by atoms with Crippen LogP contribution >= 0.6 is 22.6 Å². The first-order chi connectivity index (χ1) is 10.6. The van der Waals surface area contributed by atoms with Gasteiger partial charge in [0.2, 0.25) is 0 Å². The van der Waals surface area contributed by atoms with Crippen LogP contribution in [0.25, 0.3) is 11.1 Å². The first kappa shape index (κ1) is 19.7. The van der Waals surface area contributed by atoms with Crippen molar-refractivity contribution in [3.8, 4) is 16.9 Å². The molecule has 2 aromatic carbocycles. The van der Waals surface area contributed by atoms with Gasteiger partial charge < -0.3 is 4.74 Å². The molecule has 0 heterocycles. The summed E-state index contributed by atoms with van der Waals surface area (Å²) in [5, 5.41) is 0. The van der Waals surface area contributed by atoms with Crippen LogP contribution in [0.3, 0.4) is 0 Å². The Balaban J connectivity index is 0.000000284. The summed E-state index contributed by atoms with van der Waals surface area (Å²) in [5.41, 5.74) is -3.17. The van der Waals surface area contributed by atoms with E-state index in [9.17, 15) is 13.2 Å². The van der Waals surface area contributed by atoms with E-state index in [1.807, 2.05) is 30.3 Å². The van der Waals surface area contributed by atoms with Crippen molar-refractivity contribution in [1.29, 1.82) is 0 Å². The molecule has 4 nitrogen and oxygen atoms in total. The van der Waals surface area contributed by atoms with Crippen LogP contribution in [-0.2, 0) is 10.1 Å². The number of hydrogen-bond acceptors (Lipinski definition) is 3. The monoisotopic (exact) mass is 460 g/mol. The highest BCUT2D eigenvalue weighted by Crippen LogP contribution is 2.32. The minimum absolute atomic E-state index is 0.918. The van der Waals surface area contributed by atoms with E-state index < -0.39 is 15.6 Å². The molecule has 0 radical (unpaired) electrons. The summed E-state index contributed by atoms with van der Waals surface area (Å²) in [4.78, 5) is 0. The van der Waals surface area contributed by atoms with Gasteiger partial charge in [0.05, 0.1) is 7.11 Å². The second-order valence-electron chi connectivity index (χ2n) is 4.10. The van der Waals surface area contributed by atoms with Gasteiger partial charge in [-0.25, -0.2) is 0 Å². The van der Waals surface area contributed by atoms with E-state index in [-0.39, 0.29) is 0 Å². The highest BCUT2D eigenvalue weighted by atomic mass is 127. The fourth-order valence-corrected chi connectivity index (χ4v) is 2.22. The lowest BCUT2D eigenvalue weighted by Gasteiger charge is -2.09. The van der Waals surface area contributed by atoms with Gasteiger partial charge in [0.15, 0.2) is 0 Å². The molecule has 0 aliphatic carbocycles. The van der Waals surface area contributed by atoms with Gasteiger partial charge in [-0.1, -0.05) is 36.4 Å². The van der Waals surface area contributed by atoms with Crippen LogP contribution in [0.5, 0.6) is 5.75 Å². The Morgan fingerprint density at radius 3 is 1.87 bits per heavy atom. The van der Waals surface area contributed by atoms with Crippen LogP contribution in [0.2, 0.25) is 0 Å². The maximum atomic E-state index is 10.7. The molecule has 0 amide bonds. The summed E-state index contributed by atoms with van der Waals surface area (Å²) >= 11 is 2.34. The lowest BCUT2D eigenvalue weighted by molar-refractivity contribution is -0.0510. The lowest BCUT2D eigenvalue weighted by Crippen LogP contribution is -2.21. The van der Waals surface area contributed by atoms with Crippen molar-refractivity contribution in [2.45, 2.75) is 5.51 Å². The number of halogens is 4. The molecule has 0 aliphatic heterocycles. The molecule has 23 heavy (non-hydrogen) atoms. The van der Waals surface area contributed by atoms with Gasteiger partial charge in [-0.15, -0.1) is 0 Å². The minimum Gasteiger partial charge on any atom is -0.496 e. The zero-order valence-corrected chi connectivity index (χ0v) is 14.7. The van der Waals surface area contributed by atoms with Crippen molar-refractivity contribution in [2.24, 2.45) is 0 Å². The fraction of sp³-hybridized carbons (Fsp3) is 0.143. The third-order valence-corrected chi connectivity index (χ3v) is 4.09. The first-order valence-electron chi connectivity index (χ1n) is 5.99. The molecule has 2 rings (SSSR count). The van der Waals surface area contributed by atoms with E-state index in [0.717, 1.165) is 11.3 Å². The molecule has 1 N–H and O–H groups in total. The van der Waals surface area contributed by atoms with Crippen molar-refractivity contribution in [1.82, 2.24) is 0 Å². The summed E-state index contributed by atoms with van der Waals surface area (Å²) in [6, 6.07) is 16.4. The molecule has 0 fully saturated rings. The van der Waals surface area contributed by atoms with Crippen molar-refractivity contribution in [3.05, 3.63) is 52.1 Å². The van der Waals surface area contributed by atoms with Crippen LogP contribution in [-0.4, -0.2) is 25.6 Å². The smallest absolute Gasteiger partial charge is 0.496 e. The molecule has 9 heteroatoms. The largest absolute Gasteiger partial charge is 0.522 e. The molecule has 0 spiro atoms. The quantitative estimate of drug-likeness (QED) is 0.411. The summed E-state index contributed by atoms with van der Waals surface area (Å²) in [7, 11) is -4.14. The maximum Gasteiger partial charge on any atom is 0.522 e. The number of benzene rings is 2. The first-order valence-corrected chi connectivity index (χ1v) is 8.51. The number of alkyl halides is 3. The third kappa shape index (κ3) is 5.66. The van der Waals surface area contributed by atoms with Gasteiger partial charge in [0.25, 0.3) is 0 Å². The number of para-hydroxylation sites is 1. The van der Waals surface area contributed by atoms with Crippen molar-refractivity contribution >= 4 is 32.7 Å². The summed E-state index contributed by atoms with van der Waals surface area (Å²) < 4.78 is 64.1. The van der Waals surface area contributed by atoms with Gasteiger partial charge >= 0.3 is 15.6 Å². The second-order valence-corrected chi connectivity index (χ2v) is 6.68. The Hall–Kier alpha value is -1.33. The zero-order chi connectivity index (χ0) is 17.7. The molecule has 0 aromatic heterocycles. The molecule has 0 aliphatic rings. The molecule has 0 saturated carbocycles.